The molecule has 5 heteroatoms. The molecule has 0 saturated heterocycles. The molecule has 0 bridgehead atoms. The quantitative estimate of drug-likeness (QED) is 0.810. The molecule has 1 aromatic heterocycles. The Morgan fingerprint density at radius 3 is 2.62 bits per heavy atom. The van der Waals surface area contributed by atoms with E-state index in [1.807, 2.05) is 25.1 Å². The van der Waals surface area contributed by atoms with Gasteiger partial charge in [0.05, 0.1) is 0 Å². The van der Waals surface area contributed by atoms with Crippen molar-refractivity contribution in [1.82, 2.24) is 4.98 Å². The third-order valence-electron chi connectivity index (χ3n) is 3.26. The van der Waals surface area contributed by atoms with Gasteiger partial charge in [-0.2, -0.15) is 0 Å². The van der Waals surface area contributed by atoms with E-state index in [2.05, 4.69) is 24.1 Å². The van der Waals surface area contributed by atoms with Gasteiger partial charge in [-0.1, -0.05) is 43.6 Å². The molecule has 4 nitrogen and oxygen atoms in total. The second kappa shape index (κ2) is 6.14. The van der Waals surface area contributed by atoms with Crippen LogP contribution in [0.4, 0.5) is 11.5 Å². The zero-order valence-corrected chi connectivity index (χ0v) is 12.9. The molecular formula is C16H17ClN2O2. The minimum atomic E-state index is -1.04. The topological polar surface area (TPSA) is 62.2 Å². The maximum absolute atomic E-state index is 11.3. The van der Waals surface area contributed by atoms with Crippen LogP contribution >= 0.6 is 11.6 Å². The van der Waals surface area contributed by atoms with Crippen LogP contribution in [0.25, 0.3) is 0 Å². The Hall–Kier alpha value is -2.07. The lowest BCUT2D eigenvalue weighted by molar-refractivity contribution is 0.0697. The van der Waals surface area contributed by atoms with Crippen LogP contribution in [0.15, 0.2) is 30.3 Å². The molecular weight excluding hydrogens is 288 g/mol. The molecule has 0 saturated carbocycles. The number of nitrogens with one attached hydrogen (secondary N) is 1. The normalized spacial score (nSPS) is 10.7. The van der Waals surface area contributed by atoms with E-state index in [9.17, 15) is 9.90 Å². The third-order valence-corrected chi connectivity index (χ3v) is 3.47. The zero-order valence-electron chi connectivity index (χ0n) is 12.1. The van der Waals surface area contributed by atoms with Crippen molar-refractivity contribution in [2.75, 3.05) is 5.32 Å². The van der Waals surface area contributed by atoms with Crippen molar-refractivity contribution in [3.8, 4) is 0 Å². The molecule has 1 heterocycles. The average molecular weight is 305 g/mol. The van der Waals surface area contributed by atoms with E-state index in [1.165, 1.54) is 12.1 Å². The van der Waals surface area contributed by atoms with Crippen molar-refractivity contribution >= 4 is 29.1 Å². The van der Waals surface area contributed by atoms with Gasteiger partial charge in [0.15, 0.2) is 0 Å². The monoisotopic (exact) mass is 304 g/mol. The minimum absolute atomic E-state index is 0.0948. The lowest BCUT2D eigenvalue weighted by Crippen LogP contribution is -2.07. The van der Waals surface area contributed by atoms with Crippen LogP contribution in [0.1, 0.15) is 41.3 Å². The van der Waals surface area contributed by atoms with E-state index in [1.54, 1.807) is 0 Å². The van der Waals surface area contributed by atoms with Crippen LogP contribution in [0.2, 0.25) is 5.15 Å². The maximum atomic E-state index is 11.3. The van der Waals surface area contributed by atoms with Crippen molar-refractivity contribution in [3.63, 3.8) is 0 Å². The van der Waals surface area contributed by atoms with E-state index < -0.39 is 5.97 Å². The summed E-state index contributed by atoms with van der Waals surface area (Å²) in [6.07, 6.45) is 0. The Bertz CT molecular complexity index is 684. The highest BCUT2D eigenvalue weighted by atomic mass is 35.5. The smallest absolute Gasteiger partial charge is 0.339 e. The van der Waals surface area contributed by atoms with E-state index in [0.29, 0.717) is 5.92 Å². The summed E-state index contributed by atoms with van der Waals surface area (Å²) in [7, 11) is 0. The Kier molecular flexibility index (Phi) is 4.48. The van der Waals surface area contributed by atoms with Gasteiger partial charge in [0.2, 0.25) is 0 Å². The first-order valence-electron chi connectivity index (χ1n) is 6.66. The largest absolute Gasteiger partial charge is 0.478 e. The van der Waals surface area contributed by atoms with E-state index >= 15 is 0 Å². The number of hydrogen-bond acceptors (Lipinski definition) is 3. The highest BCUT2D eigenvalue weighted by Gasteiger charge is 2.15. The zero-order chi connectivity index (χ0) is 15.6. The molecule has 0 amide bonds. The number of aromatic carboxylic acids is 1. The fraction of sp³-hybridized carbons (Fsp3) is 0.250. The molecule has 0 atom stereocenters. The van der Waals surface area contributed by atoms with Crippen LogP contribution < -0.4 is 5.32 Å². The van der Waals surface area contributed by atoms with Gasteiger partial charge in [-0.15, -0.1) is 0 Å². The van der Waals surface area contributed by atoms with Crippen LogP contribution in [0, 0.1) is 6.92 Å². The minimum Gasteiger partial charge on any atom is -0.478 e. The number of aryl methyl sites for hydroxylation is 1. The number of nitrogens with zero attached hydrogens (tertiary/aromatic N) is 1. The summed E-state index contributed by atoms with van der Waals surface area (Å²) in [5, 5.41) is 12.6. The molecule has 2 aromatic rings. The van der Waals surface area contributed by atoms with Crippen molar-refractivity contribution in [3.05, 3.63) is 52.2 Å². The van der Waals surface area contributed by atoms with Crippen molar-refractivity contribution in [2.45, 2.75) is 26.7 Å². The fourth-order valence-electron chi connectivity index (χ4n) is 2.16. The number of pyridine rings is 1. The molecule has 0 aliphatic heterocycles. The van der Waals surface area contributed by atoms with Crippen molar-refractivity contribution < 1.29 is 9.90 Å². The Balaban J connectivity index is 2.53. The van der Waals surface area contributed by atoms with Crippen LogP contribution in [-0.2, 0) is 0 Å². The summed E-state index contributed by atoms with van der Waals surface area (Å²) >= 11 is 5.89. The van der Waals surface area contributed by atoms with Gasteiger partial charge < -0.3 is 10.4 Å². The van der Waals surface area contributed by atoms with Gasteiger partial charge in [0.25, 0.3) is 0 Å². The summed E-state index contributed by atoms with van der Waals surface area (Å²) in [4.78, 5) is 15.4. The van der Waals surface area contributed by atoms with E-state index in [4.69, 9.17) is 11.6 Å². The predicted molar refractivity (Wildman–Crippen MR) is 84.8 cm³/mol. The number of anilines is 2. The highest BCUT2D eigenvalue weighted by Crippen LogP contribution is 2.31. The molecule has 0 radical (unpaired) electrons. The van der Waals surface area contributed by atoms with Crippen LogP contribution in [0.3, 0.4) is 0 Å². The van der Waals surface area contributed by atoms with Gasteiger partial charge in [0, 0.05) is 5.69 Å². The number of aromatic nitrogens is 1. The first-order chi connectivity index (χ1) is 9.90. The maximum Gasteiger partial charge on any atom is 0.339 e. The number of hydrogen-bond donors (Lipinski definition) is 2. The number of carboxylic acid groups (broad SMARTS) is 1. The van der Waals surface area contributed by atoms with Crippen LogP contribution in [-0.4, -0.2) is 16.1 Å². The summed E-state index contributed by atoms with van der Waals surface area (Å²) in [6, 6.07) is 8.90. The number of carbonyl (C=O) groups is 1. The summed E-state index contributed by atoms with van der Waals surface area (Å²) in [5.41, 5.74) is 3.11. The van der Waals surface area contributed by atoms with Crippen molar-refractivity contribution in [1.29, 1.82) is 0 Å². The molecule has 110 valence electrons. The lowest BCUT2D eigenvalue weighted by Gasteiger charge is -2.17. The number of carboxylic acids is 1. The predicted octanol–water partition coefficient (Wildman–Crippen LogP) is 4.61. The molecule has 0 unspecified atom stereocenters. The summed E-state index contributed by atoms with van der Waals surface area (Å²) in [6.45, 7) is 6.14. The standard InChI is InChI=1S/C16H17ClN2O2/c1-9(2)11-6-4-5-10(3)14(11)19-15-12(16(20)21)7-8-13(17)18-15/h4-9H,1-3H3,(H,18,19)(H,20,21). The molecule has 21 heavy (non-hydrogen) atoms. The summed E-state index contributed by atoms with van der Waals surface area (Å²) < 4.78 is 0. The van der Waals surface area contributed by atoms with Gasteiger partial charge in [-0.05, 0) is 36.1 Å². The van der Waals surface area contributed by atoms with Gasteiger partial charge in [-0.3, -0.25) is 0 Å². The first kappa shape index (κ1) is 15.3. The molecule has 2 rings (SSSR count). The molecule has 2 N–H and O–H groups in total. The summed E-state index contributed by atoms with van der Waals surface area (Å²) in [5.74, 6) is -0.479. The Morgan fingerprint density at radius 2 is 2.00 bits per heavy atom. The third kappa shape index (κ3) is 3.34. The van der Waals surface area contributed by atoms with Crippen molar-refractivity contribution in [2.24, 2.45) is 0 Å². The first-order valence-corrected chi connectivity index (χ1v) is 7.04. The molecule has 0 spiro atoms. The van der Waals surface area contributed by atoms with Gasteiger partial charge >= 0.3 is 5.97 Å². The van der Waals surface area contributed by atoms with E-state index in [-0.39, 0.29) is 16.5 Å². The molecule has 0 aliphatic carbocycles. The molecule has 1 aromatic carbocycles. The number of para-hydroxylation sites is 1. The van der Waals surface area contributed by atoms with E-state index in [0.717, 1.165) is 16.8 Å². The number of rotatable bonds is 4. The Labute approximate surface area is 128 Å². The van der Waals surface area contributed by atoms with Gasteiger partial charge in [0.1, 0.15) is 16.5 Å². The average Bonchev–Trinajstić information content (AvgIpc) is 2.40. The second-order valence-corrected chi connectivity index (χ2v) is 5.54. The van der Waals surface area contributed by atoms with Gasteiger partial charge in [-0.25, -0.2) is 9.78 Å². The molecule has 0 fully saturated rings. The molecule has 0 aliphatic rings. The SMILES string of the molecule is Cc1cccc(C(C)C)c1Nc1nc(Cl)ccc1C(=O)O. The van der Waals surface area contributed by atoms with Crippen LogP contribution in [0.5, 0.6) is 0 Å². The Morgan fingerprint density at radius 1 is 1.29 bits per heavy atom. The number of benzene rings is 1. The number of halogens is 1. The lowest BCUT2D eigenvalue weighted by atomic mass is 9.98. The second-order valence-electron chi connectivity index (χ2n) is 5.15. The fourth-order valence-corrected chi connectivity index (χ4v) is 2.31. The highest BCUT2D eigenvalue weighted by molar-refractivity contribution is 6.29.